The highest BCUT2D eigenvalue weighted by molar-refractivity contribution is 5.83. The second-order valence-electron chi connectivity index (χ2n) is 11.1. The Hall–Kier alpha value is -4.68. The van der Waals surface area contributed by atoms with E-state index in [1.807, 2.05) is 48.8 Å². The number of nitrogens with zero attached hydrogens (tertiary/aromatic N) is 8. The highest BCUT2D eigenvalue weighted by Gasteiger charge is 2.17. The number of anilines is 2. The second kappa shape index (κ2) is 12.5. The minimum atomic E-state index is 0.587. The SMILES string of the molecule is COc1ccc2nc(NCCCN3CCN(CCCNc4nc5ccc(OC)nc5n5cccc45)CC3)c3cccn3c2n1. The van der Waals surface area contributed by atoms with Crippen LogP contribution >= 0.6 is 0 Å². The van der Waals surface area contributed by atoms with Crippen LogP contribution in [-0.2, 0) is 0 Å². The molecule has 0 spiro atoms. The number of ether oxygens (including phenoxy) is 2. The summed E-state index contributed by atoms with van der Waals surface area (Å²) in [7, 11) is 3.26. The average molecular weight is 595 g/mol. The predicted molar refractivity (Wildman–Crippen MR) is 173 cm³/mol. The summed E-state index contributed by atoms with van der Waals surface area (Å²) in [5, 5.41) is 7.13. The van der Waals surface area contributed by atoms with Crippen LogP contribution in [0.25, 0.3) is 33.4 Å². The number of methoxy groups -OCH3 is 2. The molecule has 2 N–H and O–H groups in total. The van der Waals surface area contributed by atoms with Crippen LogP contribution < -0.4 is 20.1 Å². The summed E-state index contributed by atoms with van der Waals surface area (Å²) < 4.78 is 14.7. The third kappa shape index (κ3) is 5.65. The van der Waals surface area contributed by atoms with Gasteiger partial charge in [0.25, 0.3) is 0 Å². The lowest BCUT2D eigenvalue weighted by molar-refractivity contribution is 0.132. The van der Waals surface area contributed by atoms with Gasteiger partial charge in [0.2, 0.25) is 11.8 Å². The van der Waals surface area contributed by atoms with Crippen molar-refractivity contribution in [3.63, 3.8) is 0 Å². The molecule has 228 valence electrons. The first kappa shape index (κ1) is 28.1. The fraction of sp³-hybridized carbons (Fsp3) is 0.375. The number of pyridine rings is 2. The number of rotatable bonds is 12. The van der Waals surface area contributed by atoms with Crippen LogP contribution in [0, 0.1) is 0 Å². The van der Waals surface area contributed by atoms with E-state index in [0.29, 0.717) is 11.8 Å². The lowest BCUT2D eigenvalue weighted by Gasteiger charge is -2.34. The second-order valence-corrected chi connectivity index (χ2v) is 11.1. The molecule has 0 unspecified atom stereocenters. The van der Waals surface area contributed by atoms with Crippen molar-refractivity contribution in [1.29, 1.82) is 0 Å². The standard InChI is InChI=1S/C32H38N10O2/c1-43-27-11-9-23-31(37-27)41-17-3-7-25(41)29(35-23)33-13-5-15-39-19-21-40(22-20-39)16-6-14-34-30-26-8-4-18-42(26)32-24(36-30)10-12-28(38-32)44-2/h3-4,7-12,17-18H,5-6,13-16,19-22H2,1-2H3,(H,33,35)(H,34,36). The van der Waals surface area contributed by atoms with Crippen molar-refractivity contribution in [3.8, 4) is 11.8 Å². The first-order valence-electron chi connectivity index (χ1n) is 15.3. The molecule has 0 radical (unpaired) electrons. The van der Waals surface area contributed by atoms with Gasteiger partial charge in [0.15, 0.2) is 22.9 Å². The summed E-state index contributed by atoms with van der Waals surface area (Å²) in [4.78, 5) is 24.0. The Bertz CT molecular complexity index is 1760. The smallest absolute Gasteiger partial charge is 0.215 e. The number of piperazine rings is 1. The zero-order valence-electron chi connectivity index (χ0n) is 25.2. The maximum Gasteiger partial charge on any atom is 0.215 e. The van der Waals surface area contributed by atoms with Gasteiger partial charge in [-0.15, -0.1) is 0 Å². The van der Waals surface area contributed by atoms with Gasteiger partial charge < -0.3 is 29.9 Å². The summed E-state index contributed by atoms with van der Waals surface area (Å²) in [5.74, 6) is 2.95. The lowest BCUT2D eigenvalue weighted by Crippen LogP contribution is -2.47. The topological polar surface area (TPSA) is 109 Å². The van der Waals surface area contributed by atoms with E-state index in [2.05, 4.69) is 51.3 Å². The zero-order valence-corrected chi connectivity index (χ0v) is 25.2. The lowest BCUT2D eigenvalue weighted by atomic mass is 10.2. The molecule has 0 saturated carbocycles. The fourth-order valence-corrected chi connectivity index (χ4v) is 5.99. The number of hydrogen-bond donors (Lipinski definition) is 2. The fourth-order valence-electron chi connectivity index (χ4n) is 5.99. The molecule has 44 heavy (non-hydrogen) atoms. The van der Waals surface area contributed by atoms with Crippen molar-refractivity contribution >= 4 is 45.0 Å². The van der Waals surface area contributed by atoms with Crippen molar-refractivity contribution in [2.75, 3.05) is 77.2 Å². The molecular weight excluding hydrogens is 556 g/mol. The predicted octanol–water partition coefficient (Wildman–Crippen LogP) is 4.02. The Kier molecular flexibility index (Phi) is 7.99. The third-order valence-corrected chi connectivity index (χ3v) is 8.33. The highest BCUT2D eigenvalue weighted by Crippen LogP contribution is 2.24. The summed E-state index contributed by atoms with van der Waals surface area (Å²) in [6.45, 7) is 8.31. The van der Waals surface area contributed by atoms with Gasteiger partial charge in [-0.3, -0.25) is 8.80 Å². The summed E-state index contributed by atoms with van der Waals surface area (Å²) in [5.41, 5.74) is 5.32. The van der Waals surface area contributed by atoms with Crippen molar-refractivity contribution < 1.29 is 9.47 Å². The molecule has 0 bridgehead atoms. The van der Waals surface area contributed by atoms with Crippen molar-refractivity contribution in [1.82, 2.24) is 38.5 Å². The number of nitrogens with one attached hydrogen (secondary N) is 2. The van der Waals surface area contributed by atoms with E-state index in [1.54, 1.807) is 14.2 Å². The molecule has 1 aliphatic heterocycles. The van der Waals surface area contributed by atoms with Crippen molar-refractivity contribution in [3.05, 3.63) is 60.9 Å². The minimum absolute atomic E-state index is 0.587. The van der Waals surface area contributed by atoms with Crippen molar-refractivity contribution in [2.45, 2.75) is 12.8 Å². The first-order valence-corrected chi connectivity index (χ1v) is 15.3. The Morgan fingerprint density at radius 2 is 1.07 bits per heavy atom. The molecule has 0 aromatic carbocycles. The molecule has 7 heterocycles. The molecule has 0 amide bonds. The molecule has 1 aliphatic rings. The maximum atomic E-state index is 5.30. The molecule has 6 aromatic rings. The third-order valence-electron chi connectivity index (χ3n) is 8.33. The first-order chi connectivity index (χ1) is 21.7. The van der Waals surface area contributed by atoms with Gasteiger partial charge in [0.1, 0.15) is 11.0 Å². The van der Waals surface area contributed by atoms with Crippen LogP contribution in [0.15, 0.2) is 60.9 Å². The van der Waals surface area contributed by atoms with Crippen LogP contribution in [0.5, 0.6) is 11.8 Å². The summed E-state index contributed by atoms with van der Waals surface area (Å²) in [6.07, 6.45) is 6.16. The maximum absolute atomic E-state index is 5.30. The van der Waals surface area contributed by atoms with Crippen LogP contribution in [0.3, 0.4) is 0 Å². The van der Waals surface area contributed by atoms with Crippen LogP contribution in [0.4, 0.5) is 11.6 Å². The average Bonchev–Trinajstić information content (AvgIpc) is 3.77. The van der Waals surface area contributed by atoms with E-state index in [-0.39, 0.29) is 0 Å². The van der Waals surface area contributed by atoms with Crippen LogP contribution in [0.1, 0.15) is 12.8 Å². The van der Waals surface area contributed by atoms with Gasteiger partial charge in [-0.2, -0.15) is 9.97 Å². The highest BCUT2D eigenvalue weighted by atomic mass is 16.5. The van der Waals surface area contributed by atoms with Gasteiger partial charge >= 0.3 is 0 Å². The quantitative estimate of drug-likeness (QED) is 0.202. The molecule has 6 aromatic heterocycles. The van der Waals surface area contributed by atoms with Gasteiger partial charge in [-0.05, 0) is 62.3 Å². The van der Waals surface area contributed by atoms with E-state index < -0.39 is 0 Å². The van der Waals surface area contributed by atoms with E-state index in [4.69, 9.17) is 19.4 Å². The van der Waals surface area contributed by atoms with Gasteiger partial charge in [0, 0.05) is 63.8 Å². The van der Waals surface area contributed by atoms with Crippen molar-refractivity contribution in [2.24, 2.45) is 0 Å². The zero-order chi connectivity index (χ0) is 29.9. The molecule has 1 saturated heterocycles. The van der Waals surface area contributed by atoms with Gasteiger partial charge in [-0.25, -0.2) is 9.97 Å². The molecule has 0 atom stereocenters. The van der Waals surface area contributed by atoms with E-state index in [1.165, 1.54) is 0 Å². The molecule has 7 rings (SSSR count). The Morgan fingerprint density at radius 1 is 0.614 bits per heavy atom. The Labute approximate surface area is 255 Å². The molecular formula is C32H38N10O2. The summed E-state index contributed by atoms with van der Waals surface area (Å²) >= 11 is 0. The Balaban J connectivity index is 0.850. The number of hydrogen-bond acceptors (Lipinski definition) is 10. The van der Waals surface area contributed by atoms with E-state index >= 15 is 0 Å². The molecule has 1 fully saturated rings. The van der Waals surface area contributed by atoms with E-state index in [9.17, 15) is 0 Å². The Morgan fingerprint density at radius 3 is 1.50 bits per heavy atom. The monoisotopic (exact) mass is 594 g/mol. The van der Waals surface area contributed by atoms with Gasteiger partial charge in [-0.1, -0.05) is 0 Å². The largest absolute Gasteiger partial charge is 0.481 e. The van der Waals surface area contributed by atoms with Crippen LogP contribution in [-0.4, -0.2) is 105 Å². The van der Waals surface area contributed by atoms with Gasteiger partial charge in [0.05, 0.1) is 25.3 Å². The summed E-state index contributed by atoms with van der Waals surface area (Å²) in [6, 6.07) is 15.8. The van der Waals surface area contributed by atoms with Crippen LogP contribution in [0.2, 0.25) is 0 Å². The normalized spacial score (nSPS) is 14.6. The number of fused-ring (bicyclic) bond motifs is 6. The number of aromatic nitrogens is 6. The van der Waals surface area contributed by atoms with E-state index in [0.717, 1.165) is 110 Å². The minimum Gasteiger partial charge on any atom is -0.481 e. The molecule has 12 heteroatoms. The molecule has 12 nitrogen and oxygen atoms in total. The molecule has 0 aliphatic carbocycles.